The van der Waals surface area contributed by atoms with Crippen LogP contribution in [0.25, 0.3) is 0 Å². The third kappa shape index (κ3) is 10.2. The number of benzene rings is 2. The van der Waals surface area contributed by atoms with Crippen LogP contribution in [0.15, 0.2) is 36.4 Å². The van der Waals surface area contributed by atoms with Crippen LogP contribution in [0.5, 0.6) is 23.0 Å². The Morgan fingerprint density at radius 2 is 1.00 bits per heavy atom. The predicted octanol–water partition coefficient (Wildman–Crippen LogP) is 2.73. The molecule has 0 aliphatic rings. The standard InChI is InChI=1S/C26H42N4O4/c1-3-33-23-11-5-9-21(25(23)31)19-29-15-7-13-27-17-18-28-14-8-16-30-20-22-10-6-12-24(26(22)32)34-4-2/h5-6,9-12,27-32H,3-4,7-8,13-20H2,1-2H3. The van der Waals surface area contributed by atoms with E-state index in [1.165, 1.54) is 0 Å². The minimum absolute atomic E-state index is 0.227. The maximum Gasteiger partial charge on any atom is 0.162 e. The Morgan fingerprint density at radius 3 is 1.41 bits per heavy atom. The molecule has 0 atom stereocenters. The van der Waals surface area contributed by atoms with Crippen LogP contribution in [0.4, 0.5) is 0 Å². The minimum atomic E-state index is 0.227. The van der Waals surface area contributed by atoms with Gasteiger partial charge in [0.25, 0.3) is 0 Å². The lowest BCUT2D eigenvalue weighted by molar-refractivity contribution is 0.316. The minimum Gasteiger partial charge on any atom is -0.504 e. The van der Waals surface area contributed by atoms with Crippen LogP contribution in [0.3, 0.4) is 0 Å². The molecular formula is C26H42N4O4. The average Bonchev–Trinajstić information content (AvgIpc) is 2.84. The Bertz CT molecular complexity index is 752. The summed E-state index contributed by atoms with van der Waals surface area (Å²) in [6.07, 6.45) is 2.04. The molecule has 34 heavy (non-hydrogen) atoms. The van der Waals surface area contributed by atoms with E-state index in [9.17, 15) is 10.2 Å². The first-order valence-corrected chi connectivity index (χ1v) is 12.4. The summed E-state index contributed by atoms with van der Waals surface area (Å²) in [5.74, 6) is 1.53. The van der Waals surface area contributed by atoms with E-state index >= 15 is 0 Å². The normalized spacial score (nSPS) is 11.0. The Labute approximate surface area is 204 Å². The highest BCUT2D eigenvalue weighted by molar-refractivity contribution is 5.46. The van der Waals surface area contributed by atoms with Gasteiger partial charge >= 0.3 is 0 Å². The molecule has 0 saturated heterocycles. The molecule has 2 aromatic carbocycles. The fourth-order valence-electron chi connectivity index (χ4n) is 3.51. The van der Waals surface area contributed by atoms with Gasteiger partial charge in [-0.2, -0.15) is 0 Å². The van der Waals surface area contributed by atoms with Gasteiger partial charge in [-0.25, -0.2) is 0 Å². The van der Waals surface area contributed by atoms with E-state index in [2.05, 4.69) is 21.3 Å². The second kappa shape index (κ2) is 17.0. The van der Waals surface area contributed by atoms with Crippen molar-refractivity contribution in [2.24, 2.45) is 0 Å². The molecule has 190 valence electrons. The van der Waals surface area contributed by atoms with Crippen LogP contribution in [-0.2, 0) is 13.1 Å². The number of rotatable bonds is 19. The highest BCUT2D eigenvalue weighted by atomic mass is 16.5. The van der Waals surface area contributed by atoms with Gasteiger partial charge in [0.2, 0.25) is 0 Å². The smallest absolute Gasteiger partial charge is 0.162 e. The van der Waals surface area contributed by atoms with Crippen molar-refractivity contribution in [3.63, 3.8) is 0 Å². The van der Waals surface area contributed by atoms with Gasteiger partial charge in [0.05, 0.1) is 13.2 Å². The van der Waals surface area contributed by atoms with Crippen molar-refractivity contribution in [2.75, 3.05) is 52.5 Å². The summed E-state index contributed by atoms with van der Waals surface area (Å²) in [7, 11) is 0. The van der Waals surface area contributed by atoms with Crippen LogP contribution in [-0.4, -0.2) is 62.7 Å². The van der Waals surface area contributed by atoms with E-state index in [1.54, 1.807) is 12.1 Å². The third-order valence-corrected chi connectivity index (χ3v) is 5.29. The summed E-state index contributed by atoms with van der Waals surface area (Å²) in [4.78, 5) is 0. The van der Waals surface area contributed by atoms with Gasteiger partial charge in [0, 0.05) is 37.3 Å². The molecular weight excluding hydrogens is 432 g/mol. The second-order valence-electron chi connectivity index (χ2n) is 7.95. The summed E-state index contributed by atoms with van der Waals surface area (Å²) in [5, 5.41) is 34.0. The Balaban J connectivity index is 1.41. The lowest BCUT2D eigenvalue weighted by Crippen LogP contribution is -2.30. The zero-order chi connectivity index (χ0) is 24.4. The van der Waals surface area contributed by atoms with Gasteiger partial charge in [-0.15, -0.1) is 0 Å². The third-order valence-electron chi connectivity index (χ3n) is 5.29. The van der Waals surface area contributed by atoms with Gasteiger partial charge in [0.15, 0.2) is 23.0 Å². The van der Waals surface area contributed by atoms with E-state index in [-0.39, 0.29) is 11.5 Å². The first-order chi connectivity index (χ1) is 16.7. The second-order valence-corrected chi connectivity index (χ2v) is 7.95. The summed E-state index contributed by atoms with van der Waals surface area (Å²) >= 11 is 0. The summed E-state index contributed by atoms with van der Waals surface area (Å²) < 4.78 is 10.8. The number of hydrogen-bond acceptors (Lipinski definition) is 8. The molecule has 0 saturated carbocycles. The van der Waals surface area contributed by atoms with E-state index in [0.717, 1.165) is 63.2 Å². The van der Waals surface area contributed by atoms with E-state index < -0.39 is 0 Å². The van der Waals surface area contributed by atoms with Crippen molar-refractivity contribution < 1.29 is 19.7 Å². The summed E-state index contributed by atoms with van der Waals surface area (Å²) in [6, 6.07) is 11.2. The van der Waals surface area contributed by atoms with Crippen LogP contribution in [0.1, 0.15) is 37.8 Å². The van der Waals surface area contributed by atoms with E-state index in [1.807, 2.05) is 38.1 Å². The lowest BCUT2D eigenvalue weighted by Gasteiger charge is -2.11. The summed E-state index contributed by atoms with van der Waals surface area (Å²) in [6.45, 7) is 11.7. The van der Waals surface area contributed by atoms with Crippen LogP contribution < -0.4 is 30.7 Å². The van der Waals surface area contributed by atoms with Gasteiger partial charge in [-0.1, -0.05) is 24.3 Å². The SMILES string of the molecule is CCOc1cccc(CNCCCNCCNCCCNCc2cccc(OCC)c2O)c1O. The molecule has 0 aliphatic carbocycles. The van der Waals surface area contributed by atoms with Gasteiger partial charge in [-0.3, -0.25) is 0 Å². The average molecular weight is 475 g/mol. The van der Waals surface area contributed by atoms with Crippen molar-refractivity contribution in [1.29, 1.82) is 0 Å². The molecule has 0 fully saturated rings. The number of phenols is 2. The fraction of sp³-hybridized carbons (Fsp3) is 0.538. The Hall–Kier alpha value is -2.52. The molecule has 0 aromatic heterocycles. The first kappa shape index (κ1) is 27.7. The van der Waals surface area contributed by atoms with Crippen molar-refractivity contribution in [2.45, 2.75) is 39.8 Å². The molecule has 6 N–H and O–H groups in total. The molecule has 2 rings (SSSR count). The monoisotopic (exact) mass is 474 g/mol. The molecule has 0 unspecified atom stereocenters. The number of hydrogen-bond donors (Lipinski definition) is 6. The fourth-order valence-corrected chi connectivity index (χ4v) is 3.51. The maximum atomic E-state index is 10.2. The molecule has 0 amide bonds. The van der Waals surface area contributed by atoms with Crippen molar-refractivity contribution in [3.05, 3.63) is 47.5 Å². The number of aromatic hydroxyl groups is 2. The molecule has 0 radical (unpaired) electrons. The van der Waals surface area contributed by atoms with Crippen molar-refractivity contribution in [3.8, 4) is 23.0 Å². The number of nitrogens with one attached hydrogen (secondary N) is 4. The molecule has 0 heterocycles. The molecule has 2 aromatic rings. The zero-order valence-corrected chi connectivity index (χ0v) is 20.7. The molecule has 0 bridgehead atoms. The Morgan fingerprint density at radius 1 is 0.588 bits per heavy atom. The molecule has 8 heteroatoms. The number of ether oxygens (including phenoxy) is 2. The maximum absolute atomic E-state index is 10.2. The Kier molecular flexibility index (Phi) is 13.9. The summed E-state index contributed by atoms with van der Waals surface area (Å²) in [5.41, 5.74) is 1.71. The number of phenolic OH excluding ortho intramolecular Hbond substituents is 2. The quantitative estimate of drug-likeness (QED) is 0.173. The largest absolute Gasteiger partial charge is 0.504 e. The van der Waals surface area contributed by atoms with Crippen molar-refractivity contribution in [1.82, 2.24) is 21.3 Å². The van der Waals surface area contributed by atoms with Crippen LogP contribution in [0, 0.1) is 0 Å². The highest BCUT2D eigenvalue weighted by Gasteiger charge is 2.08. The molecule has 0 aliphatic heterocycles. The van der Waals surface area contributed by atoms with Gasteiger partial charge in [-0.05, 0) is 65.0 Å². The molecule has 0 spiro atoms. The van der Waals surface area contributed by atoms with E-state index in [4.69, 9.17) is 9.47 Å². The van der Waals surface area contributed by atoms with Gasteiger partial charge in [0.1, 0.15) is 0 Å². The predicted molar refractivity (Wildman–Crippen MR) is 137 cm³/mol. The van der Waals surface area contributed by atoms with Gasteiger partial charge < -0.3 is 41.0 Å². The zero-order valence-electron chi connectivity index (χ0n) is 20.7. The van der Waals surface area contributed by atoms with Crippen molar-refractivity contribution >= 4 is 0 Å². The highest BCUT2D eigenvalue weighted by Crippen LogP contribution is 2.30. The van der Waals surface area contributed by atoms with E-state index in [0.29, 0.717) is 37.8 Å². The lowest BCUT2D eigenvalue weighted by atomic mass is 10.2. The number of para-hydroxylation sites is 2. The first-order valence-electron chi connectivity index (χ1n) is 12.4. The topological polar surface area (TPSA) is 107 Å². The molecule has 8 nitrogen and oxygen atoms in total. The van der Waals surface area contributed by atoms with Crippen LogP contribution in [0.2, 0.25) is 0 Å². The van der Waals surface area contributed by atoms with Crippen LogP contribution >= 0.6 is 0 Å².